The van der Waals surface area contributed by atoms with E-state index in [1.165, 1.54) is 0 Å². The van der Waals surface area contributed by atoms with Crippen LogP contribution in [0.1, 0.15) is 40.0 Å². The van der Waals surface area contributed by atoms with Crippen LogP contribution in [0.3, 0.4) is 0 Å². The molecule has 0 N–H and O–H groups in total. The summed E-state index contributed by atoms with van der Waals surface area (Å²) < 4.78 is 0. The number of hydrogen-bond donors (Lipinski definition) is 0. The van der Waals surface area contributed by atoms with Crippen LogP contribution in [0.25, 0.3) is 0 Å². The third-order valence-corrected chi connectivity index (χ3v) is 6.60. The van der Waals surface area contributed by atoms with Gasteiger partial charge in [-0.2, -0.15) is 0 Å². The Balaban J connectivity index is 1.37. The summed E-state index contributed by atoms with van der Waals surface area (Å²) in [7, 11) is 0. The van der Waals surface area contributed by atoms with Crippen LogP contribution in [0.15, 0.2) is 42.5 Å². The molecule has 2 heterocycles. The van der Waals surface area contributed by atoms with Crippen molar-refractivity contribution in [2.24, 2.45) is 0 Å². The van der Waals surface area contributed by atoms with Gasteiger partial charge in [0.15, 0.2) is 0 Å². The van der Waals surface area contributed by atoms with Gasteiger partial charge in [0.1, 0.15) is 0 Å². The number of hydrogen-bond acceptors (Lipinski definition) is 3. The molecule has 31 heavy (non-hydrogen) atoms. The van der Waals surface area contributed by atoms with Crippen molar-refractivity contribution in [1.29, 1.82) is 0 Å². The van der Waals surface area contributed by atoms with E-state index in [1.54, 1.807) is 45.0 Å². The van der Waals surface area contributed by atoms with Gasteiger partial charge in [0.05, 0.1) is 15.6 Å². The molecule has 6 nitrogen and oxygen atoms in total. The van der Waals surface area contributed by atoms with Gasteiger partial charge in [0, 0.05) is 50.4 Å². The van der Waals surface area contributed by atoms with Crippen LogP contribution < -0.4 is 4.90 Å². The fraction of sp³-hybridized carbons (Fsp3) is 0.348. The van der Waals surface area contributed by atoms with Gasteiger partial charge >= 0.3 is 0 Å². The van der Waals surface area contributed by atoms with Gasteiger partial charge in [0.2, 0.25) is 5.91 Å². The first-order valence-electron chi connectivity index (χ1n) is 10.4. The number of carbonyl (C=O) groups is 3. The summed E-state index contributed by atoms with van der Waals surface area (Å²) >= 11 is 12.2. The lowest BCUT2D eigenvalue weighted by Crippen LogP contribution is -2.50. The Morgan fingerprint density at radius 1 is 0.774 bits per heavy atom. The van der Waals surface area contributed by atoms with E-state index >= 15 is 0 Å². The summed E-state index contributed by atoms with van der Waals surface area (Å²) in [6, 6.07) is 12.2. The Bertz CT molecular complexity index is 1000. The Hall–Kier alpha value is -2.57. The van der Waals surface area contributed by atoms with Crippen molar-refractivity contribution in [3.05, 3.63) is 63.6 Å². The quantitative estimate of drug-likeness (QED) is 0.693. The smallest absolute Gasteiger partial charge is 0.255 e. The van der Waals surface area contributed by atoms with Crippen LogP contribution in [0.4, 0.5) is 5.69 Å². The first-order valence-corrected chi connectivity index (χ1v) is 11.1. The Kier molecular flexibility index (Phi) is 6.49. The molecule has 0 atom stereocenters. The number of nitrogens with zero attached hydrogens (tertiary/aromatic N) is 3. The highest BCUT2D eigenvalue weighted by molar-refractivity contribution is 6.43. The molecule has 0 saturated carbocycles. The SMILES string of the molecule is O=C(c1ccc(N2CCCCC2=O)cc1)N1CCN(C(=O)c2cccc(Cl)c2Cl)CC1. The van der Waals surface area contributed by atoms with E-state index < -0.39 is 0 Å². The first-order chi connectivity index (χ1) is 15.0. The summed E-state index contributed by atoms with van der Waals surface area (Å²) in [6.45, 7) is 2.45. The number of anilines is 1. The molecule has 2 aromatic rings. The number of carbonyl (C=O) groups excluding carboxylic acids is 3. The monoisotopic (exact) mass is 459 g/mol. The maximum atomic E-state index is 12.9. The number of piperidine rings is 1. The van der Waals surface area contributed by atoms with Crippen LogP contribution in [0, 0.1) is 0 Å². The molecule has 2 aliphatic rings. The van der Waals surface area contributed by atoms with Crippen molar-refractivity contribution < 1.29 is 14.4 Å². The van der Waals surface area contributed by atoms with Gasteiger partial charge in [-0.15, -0.1) is 0 Å². The van der Waals surface area contributed by atoms with Gasteiger partial charge in [0.25, 0.3) is 11.8 Å². The summed E-state index contributed by atoms with van der Waals surface area (Å²) in [5.74, 6) is -0.134. The third-order valence-electron chi connectivity index (χ3n) is 5.79. The zero-order valence-electron chi connectivity index (χ0n) is 17.0. The van der Waals surface area contributed by atoms with Crippen molar-refractivity contribution in [1.82, 2.24) is 9.80 Å². The minimum atomic E-state index is -0.185. The highest BCUT2D eigenvalue weighted by Gasteiger charge is 2.27. The van der Waals surface area contributed by atoms with E-state index in [-0.39, 0.29) is 22.7 Å². The minimum absolute atomic E-state index is 0.0793. The molecule has 0 unspecified atom stereocenters. The van der Waals surface area contributed by atoms with E-state index in [2.05, 4.69) is 0 Å². The molecular weight excluding hydrogens is 437 g/mol. The molecule has 2 aliphatic heterocycles. The van der Waals surface area contributed by atoms with Crippen molar-refractivity contribution >= 4 is 46.6 Å². The standard InChI is InChI=1S/C23H23Cl2N3O3/c24-19-5-3-4-18(21(19)25)23(31)27-14-12-26(13-15-27)22(30)16-7-9-17(10-8-16)28-11-2-1-6-20(28)29/h3-5,7-10H,1-2,6,11-15H2. The zero-order valence-corrected chi connectivity index (χ0v) is 18.5. The number of rotatable bonds is 3. The molecule has 0 aliphatic carbocycles. The predicted molar refractivity (Wildman–Crippen MR) is 121 cm³/mol. The molecular formula is C23H23Cl2N3O3. The highest BCUT2D eigenvalue weighted by atomic mass is 35.5. The van der Waals surface area contributed by atoms with Crippen molar-refractivity contribution in [2.45, 2.75) is 19.3 Å². The average molecular weight is 460 g/mol. The van der Waals surface area contributed by atoms with E-state index in [1.807, 2.05) is 12.1 Å². The Labute approximate surface area is 191 Å². The van der Waals surface area contributed by atoms with Gasteiger partial charge in [-0.3, -0.25) is 14.4 Å². The van der Waals surface area contributed by atoms with Crippen LogP contribution in [0.5, 0.6) is 0 Å². The van der Waals surface area contributed by atoms with Gasteiger partial charge in [-0.1, -0.05) is 29.3 Å². The van der Waals surface area contributed by atoms with Crippen LogP contribution in [-0.2, 0) is 4.79 Å². The van der Waals surface area contributed by atoms with Crippen molar-refractivity contribution in [3.8, 4) is 0 Å². The fourth-order valence-corrected chi connectivity index (χ4v) is 4.38. The molecule has 2 aromatic carbocycles. The molecule has 0 radical (unpaired) electrons. The summed E-state index contributed by atoms with van der Waals surface area (Å²) in [4.78, 5) is 43.0. The maximum Gasteiger partial charge on any atom is 0.255 e. The van der Waals surface area contributed by atoms with Crippen LogP contribution >= 0.6 is 23.2 Å². The van der Waals surface area contributed by atoms with Gasteiger partial charge in [-0.25, -0.2) is 0 Å². The average Bonchev–Trinajstić information content (AvgIpc) is 2.80. The summed E-state index contributed by atoms with van der Waals surface area (Å²) in [5, 5.41) is 0.594. The van der Waals surface area contributed by atoms with E-state index in [4.69, 9.17) is 23.2 Å². The lowest BCUT2D eigenvalue weighted by Gasteiger charge is -2.35. The number of halogens is 2. The largest absolute Gasteiger partial charge is 0.335 e. The van der Waals surface area contributed by atoms with E-state index in [9.17, 15) is 14.4 Å². The predicted octanol–water partition coefficient (Wildman–Crippen LogP) is 4.11. The van der Waals surface area contributed by atoms with Gasteiger partial charge in [-0.05, 0) is 49.2 Å². The zero-order chi connectivity index (χ0) is 22.0. The molecule has 4 rings (SSSR count). The van der Waals surface area contributed by atoms with Crippen LogP contribution in [0.2, 0.25) is 10.0 Å². The van der Waals surface area contributed by atoms with E-state index in [0.29, 0.717) is 48.7 Å². The second kappa shape index (κ2) is 9.28. The first kappa shape index (κ1) is 21.7. The van der Waals surface area contributed by atoms with Gasteiger partial charge < -0.3 is 14.7 Å². The molecule has 8 heteroatoms. The second-order valence-electron chi connectivity index (χ2n) is 7.74. The highest BCUT2D eigenvalue weighted by Crippen LogP contribution is 2.27. The third kappa shape index (κ3) is 4.55. The number of amides is 3. The molecule has 0 bridgehead atoms. The second-order valence-corrected chi connectivity index (χ2v) is 8.52. The topological polar surface area (TPSA) is 60.9 Å². The number of piperazine rings is 1. The normalized spacial score (nSPS) is 17.1. The Morgan fingerprint density at radius 2 is 1.42 bits per heavy atom. The van der Waals surface area contributed by atoms with Crippen molar-refractivity contribution in [3.63, 3.8) is 0 Å². The lowest BCUT2D eigenvalue weighted by molar-refractivity contribution is -0.119. The van der Waals surface area contributed by atoms with Crippen molar-refractivity contribution in [2.75, 3.05) is 37.6 Å². The molecule has 0 spiro atoms. The van der Waals surface area contributed by atoms with E-state index in [0.717, 1.165) is 25.1 Å². The summed E-state index contributed by atoms with van der Waals surface area (Å²) in [5.41, 5.74) is 1.78. The molecule has 0 aromatic heterocycles. The molecule has 162 valence electrons. The molecule has 2 saturated heterocycles. The summed E-state index contributed by atoms with van der Waals surface area (Å²) in [6.07, 6.45) is 2.50. The Morgan fingerprint density at radius 3 is 2.06 bits per heavy atom. The number of benzene rings is 2. The molecule has 3 amide bonds. The lowest BCUT2D eigenvalue weighted by atomic mass is 10.1. The van der Waals surface area contributed by atoms with Crippen LogP contribution in [-0.4, -0.2) is 60.2 Å². The minimum Gasteiger partial charge on any atom is -0.335 e. The maximum absolute atomic E-state index is 12.9. The fourth-order valence-electron chi connectivity index (χ4n) is 4.00. The molecule has 2 fully saturated rings.